The van der Waals surface area contributed by atoms with Crippen molar-refractivity contribution in [3.05, 3.63) is 32.8 Å². The first-order valence-electron chi connectivity index (χ1n) is 5.66. The molecule has 0 amide bonds. The fourth-order valence-electron chi connectivity index (χ4n) is 1.60. The summed E-state index contributed by atoms with van der Waals surface area (Å²) in [5, 5.41) is 14.1. The molecule has 0 saturated carbocycles. The quantitative estimate of drug-likeness (QED) is 0.660. The normalized spacial score (nSPS) is 13.2. The highest BCUT2D eigenvalue weighted by atomic mass is 79.9. The summed E-state index contributed by atoms with van der Waals surface area (Å²) in [6, 6.07) is 4.79. The Morgan fingerprint density at radius 2 is 2.11 bits per heavy atom. The number of anilines is 1. The molecule has 0 bridgehead atoms. The van der Waals surface area contributed by atoms with Crippen LogP contribution in [0.5, 0.6) is 0 Å². The van der Waals surface area contributed by atoms with Crippen LogP contribution in [-0.4, -0.2) is 17.5 Å². The fraction of sp³-hybridized carbons (Fsp3) is 0.500. The van der Waals surface area contributed by atoms with E-state index in [9.17, 15) is 10.1 Å². The van der Waals surface area contributed by atoms with Gasteiger partial charge >= 0.3 is 0 Å². The molecule has 3 N–H and O–H groups in total. The van der Waals surface area contributed by atoms with Gasteiger partial charge in [-0.15, -0.1) is 0 Å². The zero-order valence-corrected chi connectivity index (χ0v) is 12.3. The molecule has 18 heavy (non-hydrogen) atoms. The van der Waals surface area contributed by atoms with Gasteiger partial charge in [0.2, 0.25) is 0 Å². The zero-order valence-electron chi connectivity index (χ0n) is 10.7. The summed E-state index contributed by atoms with van der Waals surface area (Å²) in [6.45, 7) is 6.54. The number of nitro groups is 1. The van der Waals surface area contributed by atoms with Crippen molar-refractivity contribution < 1.29 is 4.92 Å². The Bertz CT molecular complexity index is 443. The highest BCUT2D eigenvalue weighted by Gasteiger charge is 2.25. The number of halogens is 1. The van der Waals surface area contributed by atoms with E-state index < -0.39 is 4.92 Å². The number of nitrogens with zero attached hydrogens (tertiary/aromatic N) is 1. The number of nitrogens with one attached hydrogen (secondary N) is 1. The van der Waals surface area contributed by atoms with Gasteiger partial charge in [0.25, 0.3) is 5.69 Å². The molecule has 6 heteroatoms. The topological polar surface area (TPSA) is 81.2 Å². The lowest BCUT2D eigenvalue weighted by molar-refractivity contribution is -0.384. The van der Waals surface area contributed by atoms with Crippen LogP contribution in [0.15, 0.2) is 22.7 Å². The molecule has 1 aromatic carbocycles. The van der Waals surface area contributed by atoms with E-state index >= 15 is 0 Å². The number of rotatable bonds is 4. The van der Waals surface area contributed by atoms with E-state index in [2.05, 4.69) is 21.2 Å². The van der Waals surface area contributed by atoms with Gasteiger partial charge in [-0.05, 0) is 17.5 Å². The molecular weight excluding hydrogens is 298 g/mol. The average molecular weight is 316 g/mol. The third-order valence-electron chi connectivity index (χ3n) is 2.77. The molecule has 0 aromatic heterocycles. The summed E-state index contributed by atoms with van der Waals surface area (Å²) in [4.78, 5) is 10.6. The predicted octanol–water partition coefficient (Wildman–Crippen LogP) is 3.14. The van der Waals surface area contributed by atoms with Crippen molar-refractivity contribution in [2.75, 3.05) is 11.9 Å². The molecule has 0 saturated heterocycles. The molecule has 0 aliphatic carbocycles. The average Bonchev–Trinajstić information content (AvgIpc) is 2.23. The van der Waals surface area contributed by atoms with Gasteiger partial charge in [0.1, 0.15) is 5.69 Å². The largest absolute Gasteiger partial charge is 0.375 e. The van der Waals surface area contributed by atoms with E-state index in [4.69, 9.17) is 5.73 Å². The van der Waals surface area contributed by atoms with Crippen LogP contribution in [0, 0.1) is 15.5 Å². The fourth-order valence-corrected chi connectivity index (χ4v) is 1.96. The van der Waals surface area contributed by atoms with Gasteiger partial charge in [0, 0.05) is 23.1 Å². The van der Waals surface area contributed by atoms with Crippen LogP contribution in [0.25, 0.3) is 0 Å². The first kappa shape index (κ1) is 14.9. The molecule has 1 atom stereocenters. The van der Waals surface area contributed by atoms with Gasteiger partial charge in [-0.2, -0.15) is 0 Å². The summed E-state index contributed by atoms with van der Waals surface area (Å²) in [6.07, 6.45) is 0. The van der Waals surface area contributed by atoms with Crippen molar-refractivity contribution >= 4 is 27.3 Å². The van der Waals surface area contributed by atoms with Crippen molar-refractivity contribution in [1.82, 2.24) is 0 Å². The number of nitro benzene ring substituents is 1. The van der Waals surface area contributed by atoms with Crippen molar-refractivity contribution in [2.45, 2.75) is 26.8 Å². The molecule has 0 fully saturated rings. The number of nitrogens with two attached hydrogens (primary N) is 1. The highest BCUT2D eigenvalue weighted by Crippen LogP contribution is 2.31. The van der Waals surface area contributed by atoms with E-state index in [1.165, 1.54) is 6.07 Å². The third kappa shape index (κ3) is 3.68. The van der Waals surface area contributed by atoms with Gasteiger partial charge in [-0.1, -0.05) is 36.7 Å². The molecule has 0 aliphatic heterocycles. The SMILES string of the molecule is CC(C)(C)C(CN)Nc1cc(Br)ccc1[N+](=O)[O-]. The number of benzene rings is 1. The first-order valence-corrected chi connectivity index (χ1v) is 6.45. The van der Waals surface area contributed by atoms with Gasteiger partial charge in [-0.25, -0.2) is 0 Å². The van der Waals surface area contributed by atoms with Crippen LogP contribution in [0.2, 0.25) is 0 Å². The Morgan fingerprint density at radius 1 is 1.50 bits per heavy atom. The molecular formula is C12H18BrN3O2. The van der Waals surface area contributed by atoms with Gasteiger partial charge in [0.05, 0.1) is 4.92 Å². The Morgan fingerprint density at radius 3 is 2.56 bits per heavy atom. The molecule has 0 radical (unpaired) electrons. The van der Waals surface area contributed by atoms with Gasteiger partial charge in [0.15, 0.2) is 0 Å². The van der Waals surface area contributed by atoms with E-state index in [1.54, 1.807) is 12.1 Å². The standard InChI is InChI=1S/C12H18BrN3O2/c1-12(2,3)11(7-14)15-9-6-8(13)4-5-10(9)16(17)18/h4-6,11,15H,7,14H2,1-3H3. The maximum absolute atomic E-state index is 11.0. The van der Waals surface area contributed by atoms with Crippen LogP contribution >= 0.6 is 15.9 Å². The molecule has 0 aliphatic rings. The lowest BCUT2D eigenvalue weighted by atomic mass is 9.86. The number of hydrogen-bond acceptors (Lipinski definition) is 4. The summed E-state index contributed by atoms with van der Waals surface area (Å²) in [5.74, 6) is 0. The smallest absolute Gasteiger partial charge is 0.292 e. The second-order valence-electron chi connectivity index (χ2n) is 5.22. The minimum Gasteiger partial charge on any atom is -0.375 e. The van der Waals surface area contributed by atoms with E-state index in [0.717, 1.165) is 4.47 Å². The van der Waals surface area contributed by atoms with Crippen LogP contribution in [0.1, 0.15) is 20.8 Å². The lowest BCUT2D eigenvalue weighted by Crippen LogP contribution is -2.40. The molecule has 1 rings (SSSR count). The minimum atomic E-state index is -0.398. The van der Waals surface area contributed by atoms with Gasteiger partial charge in [-0.3, -0.25) is 10.1 Å². The van der Waals surface area contributed by atoms with Crippen LogP contribution in [0.4, 0.5) is 11.4 Å². The summed E-state index contributed by atoms with van der Waals surface area (Å²) in [5.41, 5.74) is 6.19. The zero-order chi connectivity index (χ0) is 13.9. The maximum Gasteiger partial charge on any atom is 0.292 e. The Labute approximate surface area is 115 Å². The molecule has 0 spiro atoms. The second-order valence-corrected chi connectivity index (χ2v) is 6.13. The molecule has 1 aromatic rings. The molecule has 100 valence electrons. The summed E-state index contributed by atoms with van der Waals surface area (Å²) in [7, 11) is 0. The van der Waals surface area contributed by atoms with E-state index in [1.807, 2.05) is 20.8 Å². The van der Waals surface area contributed by atoms with E-state index in [0.29, 0.717) is 12.2 Å². The lowest BCUT2D eigenvalue weighted by Gasteiger charge is -2.31. The van der Waals surface area contributed by atoms with Crippen molar-refractivity contribution in [3.63, 3.8) is 0 Å². The van der Waals surface area contributed by atoms with Crippen molar-refractivity contribution in [1.29, 1.82) is 0 Å². The van der Waals surface area contributed by atoms with Crippen LogP contribution in [-0.2, 0) is 0 Å². The Kier molecular flexibility index (Phi) is 4.70. The molecule has 1 unspecified atom stereocenters. The maximum atomic E-state index is 11.0. The summed E-state index contributed by atoms with van der Waals surface area (Å²) < 4.78 is 0.792. The highest BCUT2D eigenvalue weighted by molar-refractivity contribution is 9.10. The predicted molar refractivity (Wildman–Crippen MR) is 76.7 cm³/mol. The number of hydrogen-bond donors (Lipinski definition) is 2. The molecule has 0 heterocycles. The third-order valence-corrected chi connectivity index (χ3v) is 3.26. The molecule has 5 nitrogen and oxygen atoms in total. The minimum absolute atomic E-state index is 0.0366. The van der Waals surface area contributed by atoms with Crippen molar-refractivity contribution in [2.24, 2.45) is 11.1 Å². The van der Waals surface area contributed by atoms with Crippen LogP contribution in [0.3, 0.4) is 0 Å². The summed E-state index contributed by atoms with van der Waals surface area (Å²) >= 11 is 3.31. The monoisotopic (exact) mass is 315 g/mol. The first-order chi connectivity index (χ1) is 8.25. The Balaban J connectivity index is 3.09. The Hall–Kier alpha value is -1.14. The second kappa shape index (κ2) is 5.67. The van der Waals surface area contributed by atoms with Crippen molar-refractivity contribution in [3.8, 4) is 0 Å². The van der Waals surface area contributed by atoms with Gasteiger partial charge < -0.3 is 11.1 Å². The van der Waals surface area contributed by atoms with Crippen LogP contribution < -0.4 is 11.1 Å². The van der Waals surface area contributed by atoms with E-state index in [-0.39, 0.29) is 17.1 Å².